The summed E-state index contributed by atoms with van der Waals surface area (Å²) < 4.78 is 27.1. The maximum atomic E-state index is 12.8. The fraction of sp³-hybridized carbons (Fsp3) is 0.611. The predicted octanol–water partition coefficient (Wildman–Crippen LogP) is 3.02. The summed E-state index contributed by atoms with van der Waals surface area (Å²) in [4.78, 5) is 12.5. The molecule has 0 spiro atoms. The van der Waals surface area contributed by atoms with Crippen LogP contribution in [-0.2, 0) is 10.0 Å². The van der Waals surface area contributed by atoms with E-state index in [9.17, 15) is 13.2 Å². The maximum Gasteiger partial charge on any atom is 0.251 e. The zero-order chi connectivity index (χ0) is 17.9. The number of hydrogen-bond acceptors (Lipinski definition) is 3. The number of carbonyl (C=O) groups excluding carboxylic acids is 1. The van der Waals surface area contributed by atoms with E-state index < -0.39 is 10.0 Å². The lowest BCUT2D eigenvalue weighted by Crippen LogP contribution is -2.41. The molecule has 1 amide bonds. The summed E-state index contributed by atoms with van der Waals surface area (Å²) in [6.45, 7) is 8.56. The van der Waals surface area contributed by atoms with E-state index in [2.05, 4.69) is 5.32 Å². The number of benzene rings is 1. The summed E-state index contributed by atoms with van der Waals surface area (Å²) in [6.07, 6.45) is 2.87. The van der Waals surface area contributed by atoms with E-state index >= 15 is 0 Å². The number of sulfonamides is 1. The zero-order valence-electron chi connectivity index (χ0n) is 15.0. The molecular formula is C18H28N2O3S. The van der Waals surface area contributed by atoms with Gasteiger partial charge < -0.3 is 5.32 Å². The topological polar surface area (TPSA) is 66.5 Å². The van der Waals surface area contributed by atoms with Crippen LogP contribution in [0.4, 0.5) is 0 Å². The Morgan fingerprint density at radius 1 is 1.17 bits per heavy atom. The average Bonchev–Trinajstić information content (AvgIpc) is 2.55. The van der Waals surface area contributed by atoms with Gasteiger partial charge in [-0.05, 0) is 56.9 Å². The summed E-state index contributed by atoms with van der Waals surface area (Å²) in [7, 11) is -3.49. The predicted molar refractivity (Wildman–Crippen MR) is 95.4 cm³/mol. The number of hydrogen-bond donors (Lipinski definition) is 1. The van der Waals surface area contributed by atoms with Crippen molar-refractivity contribution in [2.24, 2.45) is 5.92 Å². The lowest BCUT2D eigenvalue weighted by atomic mass is 10.1. The third-order valence-corrected chi connectivity index (χ3v) is 6.85. The summed E-state index contributed by atoms with van der Waals surface area (Å²) in [5, 5.41) is 2.93. The molecule has 1 N–H and O–H groups in total. The number of nitrogens with zero attached hydrogens (tertiary/aromatic N) is 1. The Morgan fingerprint density at radius 3 is 2.33 bits per heavy atom. The van der Waals surface area contributed by atoms with Gasteiger partial charge in [-0.1, -0.05) is 20.3 Å². The van der Waals surface area contributed by atoms with Crippen molar-refractivity contribution in [1.29, 1.82) is 0 Å². The van der Waals surface area contributed by atoms with E-state index in [0.29, 0.717) is 18.0 Å². The first-order valence-corrected chi connectivity index (χ1v) is 10.1. The highest BCUT2D eigenvalue weighted by molar-refractivity contribution is 7.89. The molecule has 134 valence electrons. The van der Waals surface area contributed by atoms with Gasteiger partial charge in [-0.15, -0.1) is 0 Å². The molecule has 0 radical (unpaired) electrons. The normalized spacial score (nSPS) is 20.8. The molecule has 5 nitrogen and oxygen atoms in total. The summed E-state index contributed by atoms with van der Waals surface area (Å²) in [6, 6.07) is 6.33. The molecule has 2 rings (SSSR count). The highest BCUT2D eigenvalue weighted by atomic mass is 32.2. The Morgan fingerprint density at radius 2 is 1.79 bits per heavy atom. The van der Waals surface area contributed by atoms with Crippen molar-refractivity contribution in [2.45, 2.75) is 63.9 Å². The highest BCUT2D eigenvalue weighted by Gasteiger charge is 2.30. The van der Waals surface area contributed by atoms with Crippen molar-refractivity contribution in [2.75, 3.05) is 6.54 Å². The monoisotopic (exact) mass is 352 g/mol. The van der Waals surface area contributed by atoms with Crippen LogP contribution in [0.25, 0.3) is 0 Å². The van der Waals surface area contributed by atoms with Gasteiger partial charge >= 0.3 is 0 Å². The summed E-state index contributed by atoms with van der Waals surface area (Å²) >= 11 is 0. The second-order valence-corrected chi connectivity index (χ2v) is 8.88. The van der Waals surface area contributed by atoms with Crippen LogP contribution in [-0.4, -0.2) is 37.3 Å². The molecule has 0 aliphatic carbocycles. The van der Waals surface area contributed by atoms with Gasteiger partial charge in [0, 0.05) is 24.2 Å². The Labute approximate surface area is 145 Å². The van der Waals surface area contributed by atoms with Crippen LogP contribution in [0, 0.1) is 5.92 Å². The Kier molecular flexibility index (Phi) is 6.04. The first-order valence-electron chi connectivity index (χ1n) is 8.66. The van der Waals surface area contributed by atoms with Gasteiger partial charge in [-0.3, -0.25) is 4.79 Å². The Hall–Kier alpha value is -1.40. The fourth-order valence-corrected chi connectivity index (χ4v) is 4.50. The van der Waals surface area contributed by atoms with Gasteiger partial charge in [0.05, 0.1) is 4.90 Å². The standard InChI is InChI=1S/C18H28N2O3S/c1-13(2)15(4)19-18(21)16-8-10-17(11-9-16)24(22,23)20-12-6-5-7-14(20)3/h8-11,13-15H,5-7,12H2,1-4H3,(H,19,21)/t14-,15+/m0/s1. The third-order valence-electron chi connectivity index (χ3n) is 4.82. The molecule has 1 heterocycles. The van der Waals surface area contributed by atoms with E-state index in [-0.39, 0.29) is 22.9 Å². The summed E-state index contributed by atoms with van der Waals surface area (Å²) in [5.74, 6) is 0.167. The average molecular weight is 353 g/mol. The Balaban J connectivity index is 2.15. The molecule has 1 aromatic carbocycles. The number of carbonyl (C=O) groups is 1. The smallest absolute Gasteiger partial charge is 0.251 e. The van der Waals surface area contributed by atoms with E-state index in [0.717, 1.165) is 19.3 Å². The molecule has 2 atom stereocenters. The lowest BCUT2D eigenvalue weighted by Gasteiger charge is -2.32. The molecule has 0 saturated carbocycles. The van der Waals surface area contributed by atoms with Crippen molar-refractivity contribution in [1.82, 2.24) is 9.62 Å². The van der Waals surface area contributed by atoms with Gasteiger partial charge in [0.1, 0.15) is 0 Å². The second-order valence-electron chi connectivity index (χ2n) is 6.99. The highest BCUT2D eigenvalue weighted by Crippen LogP contribution is 2.25. The SMILES string of the molecule is CC(C)[C@@H](C)NC(=O)c1ccc(S(=O)(=O)N2CCCC[C@@H]2C)cc1. The van der Waals surface area contributed by atoms with Gasteiger partial charge in [-0.25, -0.2) is 8.42 Å². The van der Waals surface area contributed by atoms with Crippen LogP contribution < -0.4 is 5.32 Å². The van der Waals surface area contributed by atoms with Gasteiger partial charge in [0.25, 0.3) is 5.91 Å². The first-order chi connectivity index (χ1) is 11.2. The van der Waals surface area contributed by atoms with Crippen LogP contribution in [0.15, 0.2) is 29.2 Å². The summed E-state index contributed by atoms with van der Waals surface area (Å²) in [5.41, 5.74) is 0.480. The molecule has 0 bridgehead atoms. The first kappa shape index (κ1) is 18.9. The van der Waals surface area contributed by atoms with Crippen molar-refractivity contribution >= 4 is 15.9 Å². The number of piperidine rings is 1. The largest absolute Gasteiger partial charge is 0.349 e. The van der Waals surface area contributed by atoms with Crippen molar-refractivity contribution in [3.05, 3.63) is 29.8 Å². The second kappa shape index (κ2) is 7.66. The molecular weight excluding hydrogens is 324 g/mol. The molecule has 1 saturated heterocycles. The molecule has 1 aromatic rings. The van der Waals surface area contributed by atoms with Gasteiger partial charge in [0.15, 0.2) is 0 Å². The molecule has 1 aliphatic heterocycles. The van der Waals surface area contributed by atoms with Crippen LogP contribution >= 0.6 is 0 Å². The van der Waals surface area contributed by atoms with E-state index in [1.165, 1.54) is 12.1 Å². The fourth-order valence-electron chi connectivity index (χ4n) is 2.80. The molecule has 0 unspecified atom stereocenters. The number of amides is 1. The van der Waals surface area contributed by atoms with E-state index in [1.807, 2.05) is 27.7 Å². The van der Waals surface area contributed by atoms with E-state index in [1.54, 1.807) is 16.4 Å². The molecule has 1 aliphatic rings. The number of nitrogens with one attached hydrogen (secondary N) is 1. The van der Waals surface area contributed by atoms with Crippen LogP contribution in [0.1, 0.15) is 57.3 Å². The molecule has 24 heavy (non-hydrogen) atoms. The van der Waals surface area contributed by atoms with Crippen molar-refractivity contribution < 1.29 is 13.2 Å². The number of rotatable bonds is 5. The third kappa shape index (κ3) is 4.16. The van der Waals surface area contributed by atoms with Gasteiger partial charge in [0.2, 0.25) is 10.0 Å². The quantitative estimate of drug-likeness (QED) is 0.886. The van der Waals surface area contributed by atoms with Crippen molar-refractivity contribution in [3.8, 4) is 0 Å². The van der Waals surface area contributed by atoms with Crippen LogP contribution in [0.3, 0.4) is 0 Å². The minimum atomic E-state index is -3.49. The minimum absolute atomic E-state index is 0.0265. The molecule has 0 aromatic heterocycles. The minimum Gasteiger partial charge on any atom is -0.349 e. The van der Waals surface area contributed by atoms with Gasteiger partial charge in [-0.2, -0.15) is 4.31 Å². The maximum absolute atomic E-state index is 12.8. The lowest BCUT2D eigenvalue weighted by molar-refractivity contribution is 0.0930. The zero-order valence-corrected chi connectivity index (χ0v) is 15.8. The Bertz CT molecular complexity index is 668. The molecule has 6 heteroatoms. The van der Waals surface area contributed by atoms with Crippen LogP contribution in [0.2, 0.25) is 0 Å². The van der Waals surface area contributed by atoms with Crippen molar-refractivity contribution in [3.63, 3.8) is 0 Å². The van der Waals surface area contributed by atoms with E-state index in [4.69, 9.17) is 0 Å². The van der Waals surface area contributed by atoms with Crippen LogP contribution in [0.5, 0.6) is 0 Å². The molecule has 1 fully saturated rings.